The number of aromatic nitrogens is 2. The predicted octanol–water partition coefficient (Wildman–Crippen LogP) is 2.02. The van der Waals surface area contributed by atoms with E-state index in [0.717, 1.165) is 19.4 Å². The molecule has 17 heavy (non-hydrogen) atoms. The first-order valence-corrected chi connectivity index (χ1v) is 5.64. The Morgan fingerprint density at radius 3 is 2.65 bits per heavy atom. The molecule has 1 aliphatic rings. The molecule has 1 heterocycles. The summed E-state index contributed by atoms with van der Waals surface area (Å²) in [5, 5.41) is 6.17. The average Bonchev–Trinajstić information content (AvgIpc) is 2.96. The summed E-state index contributed by atoms with van der Waals surface area (Å²) in [7, 11) is 0. The first-order valence-electron chi connectivity index (χ1n) is 5.64. The SMILES string of the molecule is CCNC(Cc1nc(C(F)(F)F)no1)C1CC1. The Kier molecular flexibility index (Phi) is 3.37. The van der Waals surface area contributed by atoms with Gasteiger partial charge in [0.1, 0.15) is 0 Å². The molecule has 0 bridgehead atoms. The van der Waals surface area contributed by atoms with Gasteiger partial charge in [-0.3, -0.25) is 0 Å². The van der Waals surface area contributed by atoms with E-state index in [0.29, 0.717) is 12.3 Å². The molecule has 0 saturated heterocycles. The van der Waals surface area contributed by atoms with Gasteiger partial charge in [-0.1, -0.05) is 12.1 Å². The highest BCUT2D eigenvalue weighted by atomic mass is 19.4. The van der Waals surface area contributed by atoms with Crippen molar-refractivity contribution in [2.75, 3.05) is 6.54 Å². The highest BCUT2D eigenvalue weighted by Gasteiger charge is 2.38. The van der Waals surface area contributed by atoms with E-state index in [4.69, 9.17) is 0 Å². The molecular weight excluding hydrogens is 235 g/mol. The van der Waals surface area contributed by atoms with E-state index in [1.807, 2.05) is 6.92 Å². The molecule has 7 heteroatoms. The summed E-state index contributed by atoms with van der Waals surface area (Å²) in [5.41, 5.74) is 0. The number of halogens is 3. The van der Waals surface area contributed by atoms with Crippen molar-refractivity contribution in [2.24, 2.45) is 5.92 Å². The number of nitrogens with zero attached hydrogens (tertiary/aromatic N) is 2. The molecule has 1 fully saturated rings. The minimum atomic E-state index is -4.53. The third-order valence-corrected chi connectivity index (χ3v) is 2.77. The summed E-state index contributed by atoms with van der Waals surface area (Å²) in [4.78, 5) is 3.37. The van der Waals surface area contributed by atoms with Crippen molar-refractivity contribution >= 4 is 0 Å². The number of nitrogens with one attached hydrogen (secondary N) is 1. The van der Waals surface area contributed by atoms with Gasteiger partial charge in [0, 0.05) is 12.5 Å². The van der Waals surface area contributed by atoms with Gasteiger partial charge in [0.25, 0.3) is 5.82 Å². The third-order valence-electron chi connectivity index (χ3n) is 2.77. The fourth-order valence-electron chi connectivity index (χ4n) is 1.81. The Morgan fingerprint density at radius 2 is 2.18 bits per heavy atom. The number of likely N-dealkylation sites (N-methyl/N-ethyl adjacent to an activating group) is 1. The van der Waals surface area contributed by atoms with E-state index in [1.54, 1.807) is 0 Å². The van der Waals surface area contributed by atoms with Crippen LogP contribution in [0.3, 0.4) is 0 Å². The fraction of sp³-hybridized carbons (Fsp3) is 0.800. The molecule has 1 atom stereocenters. The zero-order valence-corrected chi connectivity index (χ0v) is 9.42. The Hall–Kier alpha value is -1.11. The van der Waals surface area contributed by atoms with Gasteiger partial charge < -0.3 is 9.84 Å². The van der Waals surface area contributed by atoms with Gasteiger partial charge in [-0.25, -0.2) is 0 Å². The maximum absolute atomic E-state index is 12.3. The van der Waals surface area contributed by atoms with Gasteiger partial charge in [0.05, 0.1) is 0 Å². The molecule has 1 N–H and O–H groups in total. The highest BCUT2D eigenvalue weighted by Crippen LogP contribution is 2.34. The molecule has 0 amide bonds. The summed E-state index contributed by atoms with van der Waals surface area (Å²) < 4.78 is 41.4. The van der Waals surface area contributed by atoms with Gasteiger partial charge in [-0.15, -0.1) is 0 Å². The molecule has 1 unspecified atom stereocenters. The minimum Gasteiger partial charge on any atom is -0.339 e. The molecule has 1 aromatic rings. The van der Waals surface area contributed by atoms with E-state index >= 15 is 0 Å². The topological polar surface area (TPSA) is 51.0 Å². The maximum atomic E-state index is 12.3. The quantitative estimate of drug-likeness (QED) is 0.867. The average molecular weight is 249 g/mol. The monoisotopic (exact) mass is 249 g/mol. The lowest BCUT2D eigenvalue weighted by Gasteiger charge is -2.14. The number of hydrogen-bond acceptors (Lipinski definition) is 4. The maximum Gasteiger partial charge on any atom is 0.455 e. The van der Waals surface area contributed by atoms with Crippen LogP contribution in [0.4, 0.5) is 13.2 Å². The van der Waals surface area contributed by atoms with Crippen molar-refractivity contribution in [1.29, 1.82) is 0 Å². The minimum absolute atomic E-state index is 0.0511. The van der Waals surface area contributed by atoms with E-state index in [1.165, 1.54) is 0 Å². The Labute approximate surface area is 96.6 Å². The zero-order chi connectivity index (χ0) is 12.5. The van der Waals surface area contributed by atoms with Crippen molar-refractivity contribution in [3.05, 3.63) is 11.7 Å². The molecule has 0 spiro atoms. The van der Waals surface area contributed by atoms with Crippen LogP contribution in [-0.4, -0.2) is 22.7 Å². The van der Waals surface area contributed by atoms with Crippen molar-refractivity contribution in [3.8, 4) is 0 Å². The largest absolute Gasteiger partial charge is 0.455 e. The van der Waals surface area contributed by atoms with E-state index in [2.05, 4.69) is 20.0 Å². The molecule has 1 aromatic heterocycles. The lowest BCUT2D eigenvalue weighted by atomic mass is 10.1. The summed E-state index contributed by atoms with van der Waals surface area (Å²) in [6.45, 7) is 2.74. The second-order valence-corrected chi connectivity index (χ2v) is 4.22. The molecule has 2 rings (SSSR count). The predicted molar refractivity (Wildman–Crippen MR) is 53.2 cm³/mol. The summed E-state index contributed by atoms with van der Waals surface area (Å²) in [6, 6.07) is 0.140. The van der Waals surface area contributed by atoms with Crippen LogP contribution in [0.1, 0.15) is 31.5 Å². The molecule has 1 saturated carbocycles. The molecular formula is C10H14F3N3O. The van der Waals surface area contributed by atoms with Gasteiger partial charge in [-0.2, -0.15) is 18.2 Å². The second-order valence-electron chi connectivity index (χ2n) is 4.22. The van der Waals surface area contributed by atoms with E-state index < -0.39 is 12.0 Å². The number of hydrogen-bond donors (Lipinski definition) is 1. The molecule has 1 aliphatic carbocycles. The van der Waals surface area contributed by atoms with Gasteiger partial charge in [0.15, 0.2) is 0 Å². The second kappa shape index (κ2) is 4.64. The van der Waals surface area contributed by atoms with Crippen molar-refractivity contribution in [1.82, 2.24) is 15.5 Å². The van der Waals surface area contributed by atoms with Crippen LogP contribution in [0.2, 0.25) is 0 Å². The molecule has 0 aliphatic heterocycles. The van der Waals surface area contributed by atoms with Gasteiger partial charge in [0.2, 0.25) is 5.89 Å². The standard InChI is InChI=1S/C10H14F3N3O/c1-2-14-7(6-3-4-6)5-8-15-9(16-17-8)10(11,12)13/h6-7,14H,2-5H2,1H3. The number of rotatable bonds is 5. The van der Waals surface area contributed by atoms with Crippen molar-refractivity contribution in [3.63, 3.8) is 0 Å². The summed E-state index contributed by atoms with van der Waals surface area (Å²) in [6.07, 6.45) is -1.95. The van der Waals surface area contributed by atoms with Gasteiger partial charge in [-0.05, 0) is 25.3 Å². The smallest absolute Gasteiger partial charge is 0.339 e. The first-order chi connectivity index (χ1) is 8.00. The van der Waals surface area contributed by atoms with E-state index in [-0.39, 0.29) is 11.9 Å². The lowest BCUT2D eigenvalue weighted by molar-refractivity contribution is -0.146. The fourth-order valence-corrected chi connectivity index (χ4v) is 1.81. The summed E-state index contributed by atoms with van der Waals surface area (Å²) in [5.74, 6) is -0.620. The van der Waals surface area contributed by atoms with Crippen LogP contribution in [0, 0.1) is 5.92 Å². The Balaban J connectivity index is 1.99. The Morgan fingerprint density at radius 1 is 1.47 bits per heavy atom. The number of alkyl halides is 3. The first kappa shape index (κ1) is 12.3. The summed E-state index contributed by atoms with van der Waals surface area (Å²) >= 11 is 0. The third kappa shape index (κ3) is 3.18. The lowest BCUT2D eigenvalue weighted by Crippen LogP contribution is -2.33. The highest BCUT2D eigenvalue weighted by molar-refractivity contribution is 4.96. The molecule has 96 valence electrons. The zero-order valence-electron chi connectivity index (χ0n) is 9.42. The Bertz CT molecular complexity index is 373. The van der Waals surface area contributed by atoms with Crippen molar-refractivity contribution < 1.29 is 17.7 Å². The van der Waals surface area contributed by atoms with Crippen LogP contribution < -0.4 is 5.32 Å². The van der Waals surface area contributed by atoms with Crippen LogP contribution in [0.25, 0.3) is 0 Å². The van der Waals surface area contributed by atoms with E-state index in [9.17, 15) is 13.2 Å². The molecule has 0 aromatic carbocycles. The van der Waals surface area contributed by atoms with Crippen LogP contribution >= 0.6 is 0 Å². The van der Waals surface area contributed by atoms with Crippen LogP contribution in [-0.2, 0) is 12.6 Å². The van der Waals surface area contributed by atoms with Gasteiger partial charge >= 0.3 is 6.18 Å². The van der Waals surface area contributed by atoms with Crippen LogP contribution in [0.15, 0.2) is 4.52 Å². The molecule has 0 radical (unpaired) electrons. The van der Waals surface area contributed by atoms with Crippen LogP contribution in [0.5, 0.6) is 0 Å². The molecule has 4 nitrogen and oxygen atoms in total. The normalized spacial score (nSPS) is 18.4. The van der Waals surface area contributed by atoms with Crippen molar-refractivity contribution in [2.45, 2.75) is 38.4 Å².